The highest BCUT2D eigenvalue weighted by molar-refractivity contribution is 6.18. The molecular formula is C10H20ClNO. The molecule has 0 saturated heterocycles. The number of nitrogens with one attached hydrogen (secondary N) is 1. The fraction of sp³-hybridized carbons (Fsp3) is 1.00. The summed E-state index contributed by atoms with van der Waals surface area (Å²) in [6.07, 6.45) is 5.34. The molecular weight excluding hydrogens is 186 g/mol. The quantitative estimate of drug-likeness (QED) is 0.711. The summed E-state index contributed by atoms with van der Waals surface area (Å²) in [5, 5.41) is 3.52. The van der Waals surface area contributed by atoms with Crippen LogP contribution in [-0.2, 0) is 4.74 Å². The number of methoxy groups -OCH3 is 1. The first-order valence-corrected chi connectivity index (χ1v) is 5.64. The van der Waals surface area contributed by atoms with Gasteiger partial charge >= 0.3 is 0 Å². The highest BCUT2D eigenvalue weighted by Gasteiger charge is 2.22. The van der Waals surface area contributed by atoms with E-state index in [0.29, 0.717) is 24.1 Å². The largest absolute Gasteiger partial charge is 0.381 e. The molecule has 13 heavy (non-hydrogen) atoms. The fourth-order valence-electron chi connectivity index (χ4n) is 1.96. The van der Waals surface area contributed by atoms with Crippen molar-refractivity contribution in [2.75, 3.05) is 13.0 Å². The number of halogens is 1. The fourth-order valence-corrected chi connectivity index (χ4v) is 2.05. The van der Waals surface area contributed by atoms with Crippen LogP contribution in [0.4, 0.5) is 0 Å². The van der Waals surface area contributed by atoms with Crippen LogP contribution >= 0.6 is 11.6 Å². The second kappa shape index (κ2) is 5.84. The molecule has 0 spiro atoms. The lowest BCUT2D eigenvalue weighted by atomic mass is 9.92. The Morgan fingerprint density at radius 3 is 2.92 bits per heavy atom. The monoisotopic (exact) mass is 205 g/mol. The Balaban J connectivity index is 2.25. The first-order chi connectivity index (χ1) is 6.26. The molecule has 0 heterocycles. The van der Waals surface area contributed by atoms with Crippen LogP contribution in [0.5, 0.6) is 0 Å². The predicted octanol–water partition coefficient (Wildman–Crippen LogP) is 2.16. The second-order valence-corrected chi connectivity index (χ2v) is 4.25. The van der Waals surface area contributed by atoms with E-state index < -0.39 is 0 Å². The minimum atomic E-state index is 0.419. The summed E-state index contributed by atoms with van der Waals surface area (Å²) in [7, 11) is 1.80. The van der Waals surface area contributed by atoms with E-state index in [9.17, 15) is 0 Å². The van der Waals surface area contributed by atoms with Crippen LogP contribution < -0.4 is 5.32 Å². The Morgan fingerprint density at radius 1 is 1.54 bits per heavy atom. The molecule has 3 atom stereocenters. The van der Waals surface area contributed by atoms with Gasteiger partial charge in [0.05, 0.1) is 6.10 Å². The molecule has 0 aromatic rings. The maximum atomic E-state index is 5.75. The van der Waals surface area contributed by atoms with Crippen LogP contribution in [0, 0.1) is 0 Å². The van der Waals surface area contributed by atoms with Gasteiger partial charge in [-0.05, 0) is 32.6 Å². The van der Waals surface area contributed by atoms with E-state index in [4.69, 9.17) is 16.3 Å². The smallest absolute Gasteiger partial charge is 0.0586 e. The number of rotatable bonds is 4. The second-order valence-electron chi connectivity index (χ2n) is 3.94. The molecule has 0 radical (unpaired) electrons. The Hall–Kier alpha value is 0.210. The number of hydrogen-bond donors (Lipinski definition) is 1. The van der Waals surface area contributed by atoms with Gasteiger partial charge in [0, 0.05) is 25.1 Å². The third kappa shape index (κ3) is 3.84. The van der Waals surface area contributed by atoms with Crippen molar-refractivity contribution in [2.45, 2.75) is 50.8 Å². The zero-order valence-electron chi connectivity index (χ0n) is 8.55. The summed E-state index contributed by atoms with van der Waals surface area (Å²) in [4.78, 5) is 0. The maximum absolute atomic E-state index is 5.75. The molecule has 1 saturated carbocycles. The van der Waals surface area contributed by atoms with Gasteiger partial charge in [0.25, 0.3) is 0 Å². The van der Waals surface area contributed by atoms with Crippen molar-refractivity contribution in [1.29, 1.82) is 0 Å². The Labute approximate surface area is 86.0 Å². The maximum Gasteiger partial charge on any atom is 0.0586 e. The van der Waals surface area contributed by atoms with Crippen molar-refractivity contribution >= 4 is 11.6 Å². The lowest BCUT2D eigenvalue weighted by Gasteiger charge is -2.30. The van der Waals surface area contributed by atoms with E-state index in [1.54, 1.807) is 7.11 Å². The minimum absolute atomic E-state index is 0.419. The summed E-state index contributed by atoms with van der Waals surface area (Å²) < 4.78 is 5.36. The van der Waals surface area contributed by atoms with Gasteiger partial charge < -0.3 is 10.1 Å². The zero-order chi connectivity index (χ0) is 9.68. The average Bonchev–Trinajstić information content (AvgIpc) is 2.18. The van der Waals surface area contributed by atoms with E-state index >= 15 is 0 Å². The van der Waals surface area contributed by atoms with E-state index in [0.717, 1.165) is 6.42 Å². The van der Waals surface area contributed by atoms with Crippen LogP contribution in [0.3, 0.4) is 0 Å². The normalized spacial score (nSPS) is 31.6. The average molecular weight is 206 g/mol. The molecule has 78 valence electrons. The van der Waals surface area contributed by atoms with Gasteiger partial charge in [-0.1, -0.05) is 0 Å². The van der Waals surface area contributed by atoms with Crippen molar-refractivity contribution in [1.82, 2.24) is 5.32 Å². The van der Waals surface area contributed by atoms with Crippen molar-refractivity contribution in [2.24, 2.45) is 0 Å². The topological polar surface area (TPSA) is 21.3 Å². The molecule has 1 rings (SSSR count). The van der Waals surface area contributed by atoms with Gasteiger partial charge in [0.2, 0.25) is 0 Å². The minimum Gasteiger partial charge on any atom is -0.381 e. The van der Waals surface area contributed by atoms with Crippen LogP contribution in [0.2, 0.25) is 0 Å². The zero-order valence-corrected chi connectivity index (χ0v) is 9.31. The molecule has 0 aromatic heterocycles. The van der Waals surface area contributed by atoms with Crippen molar-refractivity contribution < 1.29 is 4.74 Å². The first kappa shape index (κ1) is 11.3. The Kier molecular flexibility index (Phi) is 5.07. The molecule has 0 aromatic carbocycles. The van der Waals surface area contributed by atoms with Crippen molar-refractivity contribution in [3.63, 3.8) is 0 Å². The van der Waals surface area contributed by atoms with Gasteiger partial charge in [0.15, 0.2) is 0 Å². The molecule has 1 aliphatic rings. The molecule has 1 fully saturated rings. The van der Waals surface area contributed by atoms with E-state index in [2.05, 4.69) is 12.2 Å². The van der Waals surface area contributed by atoms with E-state index in [1.807, 2.05) is 0 Å². The molecule has 1 aliphatic carbocycles. The lowest BCUT2D eigenvalue weighted by Crippen LogP contribution is -2.42. The van der Waals surface area contributed by atoms with E-state index in [-0.39, 0.29) is 0 Å². The van der Waals surface area contributed by atoms with Crippen LogP contribution in [0.1, 0.15) is 32.6 Å². The summed E-state index contributed by atoms with van der Waals surface area (Å²) >= 11 is 5.75. The molecule has 3 unspecified atom stereocenters. The third-order valence-electron chi connectivity index (χ3n) is 2.71. The number of ether oxygens (including phenoxy) is 1. The highest BCUT2D eigenvalue weighted by Crippen LogP contribution is 2.20. The van der Waals surface area contributed by atoms with E-state index in [1.165, 1.54) is 19.3 Å². The SMILES string of the molecule is COC1CCCC(NC(C)CCl)C1. The standard InChI is InChI=1S/C10H20ClNO/c1-8(7-11)12-9-4-3-5-10(6-9)13-2/h8-10,12H,3-7H2,1-2H3. The van der Waals surface area contributed by atoms with Gasteiger partial charge in [-0.25, -0.2) is 0 Å². The summed E-state index contributed by atoms with van der Waals surface area (Å²) in [6, 6.07) is 1.02. The lowest BCUT2D eigenvalue weighted by molar-refractivity contribution is 0.0577. The molecule has 0 amide bonds. The number of alkyl halides is 1. The van der Waals surface area contributed by atoms with Gasteiger partial charge in [-0.2, -0.15) is 0 Å². The first-order valence-electron chi connectivity index (χ1n) is 5.11. The van der Waals surface area contributed by atoms with Crippen molar-refractivity contribution in [3.05, 3.63) is 0 Å². The summed E-state index contributed by atoms with van der Waals surface area (Å²) in [5.41, 5.74) is 0. The predicted molar refractivity (Wildman–Crippen MR) is 56.4 cm³/mol. The number of hydrogen-bond acceptors (Lipinski definition) is 2. The van der Waals surface area contributed by atoms with Crippen LogP contribution in [-0.4, -0.2) is 31.2 Å². The Morgan fingerprint density at radius 2 is 2.31 bits per heavy atom. The molecule has 0 aliphatic heterocycles. The highest BCUT2D eigenvalue weighted by atomic mass is 35.5. The van der Waals surface area contributed by atoms with Crippen LogP contribution in [0.25, 0.3) is 0 Å². The molecule has 1 N–H and O–H groups in total. The van der Waals surface area contributed by atoms with Gasteiger partial charge in [-0.15, -0.1) is 11.6 Å². The van der Waals surface area contributed by atoms with Crippen LogP contribution in [0.15, 0.2) is 0 Å². The van der Waals surface area contributed by atoms with Crippen molar-refractivity contribution in [3.8, 4) is 0 Å². The molecule has 2 nitrogen and oxygen atoms in total. The molecule has 3 heteroatoms. The van der Waals surface area contributed by atoms with Gasteiger partial charge in [0.1, 0.15) is 0 Å². The third-order valence-corrected chi connectivity index (χ3v) is 3.17. The Bertz CT molecular complexity index is 141. The summed E-state index contributed by atoms with van der Waals surface area (Å²) in [5.74, 6) is 0.689. The molecule has 0 bridgehead atoms. The van der Waals surface area contributed by atoms with Gasteiger partial charge in [-0.3, -0.25) is 0 Å². The summed E-state index contributed by atoms with van der Waals surface area (Å²) in [6.45, 7) is 2.13.